The van der Waals surface area contributed by atoms with Gasteiger partial charge in [0.05, 0.1) is 35.7 Å². The van der Waals surface area contributed by atoms with E-state index >= 15 is 0 Å². The van der Waals surface area contributed by atoms with Crippen molar-refractivity contribution in [2.24, 2.45) is 0 Å². The summed E-state index contributed by atoms with van der Waals surface area (Å²) in [6.45, 7) is 3.17. The van der Waals surface area contributed by atoms with Crippen molar-refractivity contribution in [3.63, 3.8) is 0 Å². The van der Waals surface area contributed by atoms with Crippen molar-refractivity contribution < 1.29 is 4.74 Å². The molecule has 2 heterocycles. The van der Waals surface area contributed by atoms with E-state index in [9.17, 15) is 4.79 Å². The molecular formula is C19H20N4O2. The molecule has 0 saturated carbocycles. The molecule has 3 aromatic rings. The maximum absolute atomic E-state index is 11.9. The third kappa shape index (κ3) is 3.08. The monoisotopic (exact) mass is 336 g/mol. The molecule has 6 heteroatoms. The van der Waals surface area contributed by atoms with E-state index in [0.717, 1.165) is 54.3 Å². The van der Waals surface area contributed by atoms with Gasteiger partial charge in [0.2, 0.25) is 0 Å². The molecule has 0 bridgehead atoms. The molecule has 1 aromatic heterocycles. The number of nitrogen functional groups attached to an aromatic ring is 1. The van der Waals surface area contributed by atoms with Crippen molar-refractivity contribution >= 4 is 22.1 Å². The maximum Gasteiger partial charge on any atom is 0.272 e. The van der Waals surface area contributed by atoms with Crippen molar-refractivity contribution in [2.75, 3.05) is 36.9 Å². The molecule has 0 amide bonds. The number of ether oxygens (including phenoxy) is 1. The highest BCUT2D eigenvalue weighted by molar-refractivity contribution is 5.83. The van der Waals surface area contributed by atoms with Gasteiger partial charge >= 0.3 is 0 Å². The van der Waals surface area contributed by atoms with Gasteiger partial charge < -0.3 is 15.4 Å². The third-order valence-electron chi connectivity index (χ3n) is 4.59. The van der Waals surface area contributed by atoms with E-state index in [2.05, 4.69) is 27.2 Å². The van der Waals surface area contributed by atoms with Crippen LogP contribution in [0, 0.1) is 0 Å². The zero-order valence-electron chi connectivity index (χ0n) is 13.9. The minimum Gasteiger partial charge on any atom is -0.397 e. The Balaban J connectivity index is 1.64. The van der Waals surface area contributed by atoms with Crippen molar-refractivity contribution in [3.8, 4) is 0 Å². The van der Waals surface area contributed by atoms with E-state index in [0.29, 0.717) is 11.8 Å². The maximum atomic E-state index is 11.9. The van der Waals surface area contributed by atoms with Crippen LogP contribution < -0.4 is 16.2 Å². The number of benzene rings is 2. The minimum absolute atomic E-state index is 0.165. The van der Waals surface area contributed by atoms with Crippen LogP contribution in [0.3, 0.4) is 0 Å². The van der Waals surface area contributed by atoms with Crippen LogP contribution in [0.25, 0.3) is 10.8 Å². The number of nitrogens with zero attached hydrogens (tertiary/aromatic N) is 2. The normalized spacial score (nSPS) is 14.8. The Labute approximate surface area is 145 Å². The predicted molar refractivity (Wildman–Crippen MR) is 99.1 cm³/mol. The molecule has 25 heavy (non-hydrogen) atoms. The van der Waals surface area contributed by atoms with Crippen LogP contribution in [0.5, 0.6) is 0 Å². The fourth-order valence-electron chi connectivity index (χ4n) is 3.31. The Hall–Kier alpha value is -2.86. The van der Waals surface area contributed by atoms with Crippen LogP contribution in [-0.2, 0) is 11.2 Å². The van der Waals surface area contributed by atoms with Crippen LogP contribution >= 0.6 is 0 Å². The van der Waals surface area contributed by atoms with E-state index in [1.54, 1.807) is 0 Å². The van der Waals surface area contributed by atoms with Crippen molar-refractivity contribution in [3.05, 3.63) is 64.1 Å². The number of aromatic nitrogens is 2. The average Bonchev–Trinajstić information content (AvgIpc) is 2.65. The van der Waals surface area contributed by atoms with E-state index in [1.807, 2.05) is 30.3 Å². The molecule has 3 N–H and O–H groups in total. The Kier molecular flexibility index (Phi) is 4.11. The Morgan fingerprint density at radius 3 is 2.64 bits per heavy atom. The van der Waals surface area contributed by atoms with Crippen molar-refractivity contribution in [1.29, 1.82) is 0 Å². The summed E-state index contributed by atoms with van der Waals surface area (Å²) >= 11 is 0. The number of morpholine rings is 1. The lowest BCUT2D eigenvalue weighted by molar-refractivity contribution is 0.123. The quantitative estimate of drug-likeness (QED) is 0.714. The van der Waals surface area contributed by atoms with Gasteiger partial charge in [-0.1, -0.05) is 24.3 Å². The third-order valence-corrected chi connectivity index (χ3v) is 4.59. The van der Waals surface area contributed by atoms with E-state index < -0.39 is 0 Å². The van der Waals surface area contributed by atoms with E-state index in [1.165, 1.54) is 0 Å². The Bertz CT molecular complexity index is 961. The molecule has 6 nitrogen and oxygen atoms in total. The first kappa shape index (κ1) is 15.7. The molecule has 1 saturated heterocycles. The lowest BCUT2D eigenvalue weighted by atomic mass is 10.0. The van der Waals surface area contributed by atoms with E-state index in [-0.39, 0.29) is 5.56 Å². The molecule has 4 rings (SSSR count). The number of anilines is 2. The second-order valence-electron chi connectivity index (χ2n) is 6.21. The number of hydrogen-bond acceptors (Lipinski definition) is 5. The summed E-state index contributed by atoms with van der Waals surface area (Å²) in [5, 5.41) is 8.36. The van der Waals surface area contributed by atoms with Gasteiger partial charge in [0.1, 0.15) is 0 Å². The van der Waals surface area contributed by atoms with Crippen LogP contribution in [0.15, 0.2) is 47.3 Å². The Morgan fingerprint density at radius 1 is 1.12 bits per heavy atom. The van der Waals surface area contributed by atoms with Gasteiger partial charge in [0, 0.05) is 24.9 Å². The highest BCUT2D eigenvalue weighted by atomic mass is 16.5. The zero-order chi connectivity index (χ0) is 17.2. The number of hydrogen-bond donors (Lipinski definition) is 2. The van der Waals surface area contributed by atoms with Crippen LogP contribution in [-0.4, -0.2) is 36.5 Å². The van der Waals surface area contributed by atoms with Gasteiger partial charge in [0.15, 0.2) is 0 Å². The topological polar surface area (TPSA) is 84.2 Å². The summed E-state index contributed by atoms with van der Waals surface area (Å²) in [4.78, 5) is 14.1. The lowest BCUT2D eigenvalue weighted by Gasteiger charge is -2.30. The number of rotatable bonds is 3. The zero-order valence-corrected chi connectivity index (χ0v) is 13.9. The molecule has 1 fully saturated rings. The molecule has 2 aromatic carbocycles. The van der Waals surface area contributed by atoms with E-state index in [4.69, 9.17) is 10.5 Å². The van der Waals surface area contributed by atoms with Gasteiger partial charge in [-0.2, -0.15) is 5.10 Å². The average molecular weight is 336 g/mol. The SMILES string of the molecule is Nc1cc(Cc2n[nH]c(=O)c3ccccc23)ccc1N1CCOCC1. The van der Waals surface area contributed by atoms with Crippen LogP contribution in [0.4, 0.5) is 11.4 Å². The summed E-state index contributed by atoms with van der Waals surface area (Å²) < 4.78 is 5.39. The Morgan fingerprint density at radius 2 is 1.88 bits per heavy atom. The largest absolute Gasteiger partial charge is 0.397 e. The summed E-state index contributed by atoms with van der Waals surface area (Å²) in [5.41, 5.74) is 9.83. The fraction of sp³-hybridized carbons (Fsp3) is 0.263. The highest BCUT2D eigenvalue weighted by Crippen LogP contribution is 2.26. The van der Waals surface area contributed by atoms with Gasteiger partial charge in [-0.05, 0) is 23.8 Å². The summed E-state index contributed by atoms with van der Waals surface area (Å²) in [5.74, 6) is 0. The number of nitrogens with two attached hydrogens (primary N) is 1. The smallest absolute Gasteiger partial charge is 0.272 e. The number of fused-ring (bicyclic) bond motifs is 1. The molecule has 1 aliphatic rings. The first-order chi connectivity index (χ1) is 12.2. The lowest BCUT2D eigenvalue weighted by Crippen LogP contribution is -2.36. The molecule has 0 aliphatic carbocycles. The molecule has 128 valence electrons. The van der Waals surface area contributed by atoms with Gasteiger partial charge in [-0.3, -0.25) is 4.79 Å². The fourth-order valence-corrected chi connectivity index (χ4v) is 3.31. The van der Waals surface area contributed by atoms with Crippen LogP contribution in [0.1, 0.15) is 11.3 Å². The summed E-state index contributed by atoms with van der Waals surface area (Å²) in [6, 6.07) is 13.6. The standard InChI is InChI=1S/C19H20N4O2/c20-16-11-13(5-6-18(16)23-7-9-25-10-8-23)12-17-14-3-1-2-4-15(14)19(24)22-21-17/h1-6,11H,7-10,12,20H2,(H,22,24). The van der Waals surface area contributed by atoms with Crippen molar-refractivity contribution in [2.45, 2.75) is 6.42 Å². The number of aromatic amines is 1. The molecule has 0 spiro atoms. The molecular weight excluding hydrogens is 316 g/mol. The first-order valence-corrected chi connectivity index (χ1v) is 8.40. The molecule has 0 atom stereocenters. The van der Waals surface area contributed by atoms with Gasteiger partial charge in [-0.25, -0.2) is 5.10 Å². The summed E-state index contributed by atoms with van der Waals surface area (Å²) in [7, 11) is 0. The van der Waals surface area contributed by atoms with Crippen molar-refractivity contribution in [1.82, 2.24) is 10.2 Å². The first-order valence-electron chi connectivity index (χ1n) is 8.40. The second kappa shape index (κ2) is 6.57. The number of nitrogens with one attached hydrogen (secondary N) is 1. The predicted octanol–water partition coefficient (Wildman–Crippen LogP) is 1.93. The van der Waals surface area contributed by atoms with Crippen LogP contribution in [0.2, 0.25) is 0 Å². The van der Waals surface area contributed by atoms with Gasteiger partial charge in [-0.15, -0.1) is 0 Å². The second-order valence-corrected chi connectivity index (χ2v) is 6.21. The molecule has 0 radical (unpaired) electrons. The molecule has 0 unspecified atom stereocenters. The number of H-pyrrole nitrogens is 1. The van der Waals surface area contributed by atoms with Gasteiger partial charge in [0.25, 0.3) is 5.56 Å². The molecule has 1 aliphatic heterocycles. The summed E-state index contributed by atoms with van der Waals surface area (Å²) in [6.07, 6.45) is 0.616. The highest BCUT2D eigenvalue weighted by Gasteiger charge is 2.14. The minimum atomic E-state index is -0.165.